The smallest absolute Gasteiger partial charge is 0.333 e. The summed E-state index contributed by atoms with van der Waals surface area (Å²) in [7, 11) is 3.02. The first kappa shape index (κ1) is 33.2. The number of carbonyl (C=O) groups is 3. The number of pyridine rings is 1. The summed E-state index contributed by atoms with van der Waals surface area (Å²) in [4.78, 5) is 39.5. The van der Waals surface area contributed by atoms with E-state index in [-0.39, 0.29) is 0 Å². The van der Waals surface area contributed by atoms with E-state index in [1.165, 1.54) is 20.4 Å². The number of ether oxygens (including phenoxy) is 4. The standard InChI is InChI=1S/C19H20N2O4.C13H17NO3/c1-4-6-14-8-9-16(17(11-14)24-3)25-19(23)13(2)21-18(22)15-7-5-10-20-12-15;1-4-5-10-6-7-11(12(8-10)16-3)17-13(15)9(2)14/h4-5,7-13H,1,6H2,2-3H3,(H,21,22);4,6-9H,1,5,14H2,2-3H3. The summed E-state index contributed by atoms with van der Waals surface area (Å²) in [5.74, 6) is 0.153. The molecule has 10 nitrogen and oxygen atoms in total. The average Bonchev–Trinajstić information content (AvgIpc) is 2.99. The monoisotopic (exact) mass is 575 g/mol. The molecule has 2 atom stereocenters. The van der Waals surface area contributed by atoms with Gasteiger partial charge in [0.1, 0.15) is 12.1 Å². The van der Waals surface area contributed by atoms with Crippen LogP contribution < -0.4 is 30.0 Å². The number of aromatic nitrogens is 1. The molecule has 1 aromatic heterocycles. The van der Waals surface area contributed by atoms with E-state index in [1.807, 2.05) is 18.2 Å². The van der Waals surface area contributed by atoms with Crippen molar-refractivity contribution < 1.29 is 33.3 Å². The summed E-state index contributed by atoms with van der Waals surface area (Å²) in [6.45, 7) is 10.5. The van der Waals surface area contributed by atoms with Crippen LogP contribution >= 0.6 is 0 Å². The fourth-order valence-electron chi connectivity index (χ4n) is 3.41. The zero-order valence-electron chi connectivity index (χ0n) is 24.3. The number of rotatable bonds is 12. The van der Waals surface area contributed by atoms with E-state index in [0.29, 0.717) is 35.0 Å². The maximum atomic E-state index is 12.2. The molecule has 10 heteroatoms. The highest BCUT2D eigenvalue weighted by Crippen LogP contribution is 2.29. The van der Waals surface area contributed by atoms with Crippen molar-refractivity contribution in [1.82, 2.24) is 10.3 Å². The SMILES string of the molecule is C=CCc1ccc(OC(=O)C(C)N)c(OC)c1.C=CCc1ccc(OC(=O)C(C)NC(=O)c2cccnc2)c(OC)c1. The minimum absolute atomic E-state index is 0.294. The minimum Gasteiger partial charge on any atom is -0.493 e. The summed E-state index contributed by atoms with van der Waals surface area (Å²) >= 11 is 0. The molecule has 42 heavy (non-hydrogen) atoms. The molecular weight excluding hydrogens is 538 g/mol. The Morgan fingerprint density at radius 3 is 1.81 bits per heavy atom. The molecule has 0 bridgehead atoms. The van der Waals surface area contributed by atoms with Gasteiger partial charge in [0.15, 0.2) is 23.0 Å². The lowest BCUT2D eigenvalue weighted by Crippen LogP contribution is -2.40. The molecule has 0 radical (unpaired) electrons. The summed E-state index contributed by atoms with van der Waals surface area (Å²) in [5, 5.41) is 2.58. The molecule has 0 aliphatic carbocycles. The van der Waals surface area contributed by atoms with Gasteiger partial charge in [-0.3, -0.25) is 9.78 Å². The largest absolute Gasteiger partial charge is 0.493 e. The zero-order chi connectivity index (χ0) is 31.1. The third-order valence-electron chi connectivity index (χ3n) is 5.63. The number of amides is 1. The molecule has 0 aliphatic heterocycles. The molecule has 3 rings (SSSR count). The first-order chi connectivity index (χ1) is 20.1. The average molecular weight is 576 g/mol. The van der Waals surface area contributed by atoms with Crippen LogP contribution in [0.2, 0.25) is 0 Å². The van der Waals surface area contributed by atoms with Gasteiger partial charge in [-0.15, -0.1) is 13.2 Å². The van der Waals surface area contributed by atoms with Crippen molar-refractivity contribution in [3.63, 3.8) is 0 Å². The summed E-state index contributed by atoms with van der Waals surface area (Å²) in [6.07, 6.45) is 7.98. The van der Waals surface area contributed by atoms with Crippen molar-refractivity contribution in [2.45, 2.75) is 38.8 Å². The molecule has 1 heterocycles. The quantitative estimate of drug-likeness (QED) is 0.185. The number of nitrogens with two attached hydrogens (primary N) is 1. The molecule has 1 amide bonds. The van der Waals surface area contributed by atoms with Gasteiger partial charge in [0.05, 0.1) is 19.8 Å². The van der Waals surface area contributed by atoms with Gasteiger partial charge < -0.3 is 30.0 Å². The second-order valence-electron chi connectivity index (χ2n) is 9.02. The Morgan fingerprint density at radius 1 is 0.857 bits per heavy atom. The number of carbonyl (C=O) groups excluding carboxylic acids is 3. The normalized spacial score (nSPS) is 11.5. The van der Waals surface area contributed by atoms with Crippen LogP contribution in [0.4, 0.5) is 0 Å². The second-order valence-corrected chi connectivity index (χ2v) is 9.02. The van der Waals surface area contributed by atoms with Crippen molar-refractivity contribution in [2.75, 3.05) is 14.2 Å². The van der Waals surface area contributed by atoms with Gasteiger partial charge in [0.25, 0.3) is 5.91 Å². The van der Waals surface area contributed by atoms with Crippen LogP contribution in [-0.4, -0.2) is 49.1 Å². The van der Waals surface area contributed by atoms with E-state index in [1.54, 1.807) is 62.5 Å². The zero-order valence-corrected chi connectivity index (χ0v) is 24.3. The molecule has 2 aromatic carbocycles. The molecule has 222 valence electrons. The molecule has 0 aliphatic rings. The van der Waals surface area contributed by atoms with Gasteiger partial charge in [-0.1, -0.05) is 24.3 Å². The van der Waals surface area contributed by atoms with E-state index in [9.17, 15) is 14.4 Å². The first-order valence-corrected chi connectivity index (χ1v) is 13.1. The van der Waals surface area contributed by atoms with Crippen LogP contribution in [0.1, 0.15) is 35.3 Å². The molecule has 0 fully saturated rings. The predicted molar refractivity (Wildman–Crippen MR) is 160 cm³/mol. The van der Waals surface area contributed by atoms with Gasteiger partial charge in [0.2, 0.25) is 0 Å². The Bertz CT molecular complexity index is 1370. The summed E-state index contributed by atoms with van der Waals surface area (Å²) < 4.78 is 20.9. The van der Waals surface area contributed by atoms with Crippen LogP contribution in [0.5, 0.6) is 23.0 Å². The number of hydrogen-bond donors (Lipinski definition) is 2. The van der Waals surface area contributed by atoms with Gasteiger partial charge in [-0.2, -0.15) is 0 Å². The summed E-state index contributed by atoms with van der Waals surface area (Å²) in [6, 6.07) is 12.4. The molecule has 0 spiro atoms. The van der Waals surface area contributed by atoms with Gasteiger partial charge in [-0.05, 0) is 74.2 Å². The Kier molecular flexibility index (Phi) is 13.4. The number of nitrogens with zero attached hydrogens (tertiary/aromatic N) is 1. The summed E-state index contributed by atoms with van der Waals surface area (Å²) in [5.41, 5.74) is 7.82. The van der Waals surface area contributed by atoms with Crippen molar-refractivity contribution in [2.24, 2.45) is 5.73 Å². The fraction of sp³-hybridized carbons (Fsp3) is 0.250. The minimum atomic E-state index is -0.828. The van der Waals surface area contributed by atoms with E-state index in [0.717, 1.165) is 17.5 Å². The Morgan fingerprint density at radius 2 is 1.38 bits per heavy atom. The fourth-order valence-corrected chi connectivity index (χ4v) is 3.41. The number of nitrogens with one attached hydrogen (secondary N) is 1. The maximum Gasteiger partial charge on any atom is 0.333 e. The van der Waals surface area contributed by atoms with Crippen LogP contribution in [0.15, 0.2) is 86.2 Å². The van der Waals surface area contributed by atoms with E-state index >= 15 is 0 Å². The number of allylic oxidation sites excluding steroid dienone is 2. The van der Waals surface area contributed by atoms with Crippen LogP contribution in [0.25, 0.3) is 0 Å². The highest BCUT2D eigenvalue weighted by Gasteiger charge is 2.20. The van der Waals surface area contributed by atoms with Crippen molar-refractivity contribution in [1.29, 1.82) is 0 Å². The Balaban J connectivity index is 0.000000317. The first-order valence-electron chi connectivity index (χ1n) is 13.1. The van der Waals surface area contributed by atoms with Gasteiger partial charge in [0, 0.05) is 12.4 Å². The van der Waals surface area contributed by atoms with Crippen molar-refractivity contribution in [3.8, 4) is 23.0 Å². The molecule has 0 saturated heterocycles. The van der Waals surface area contributed by atoms with Crippen LogP contribution in [-0.2, 0) is 22.4 Å². The van der Waals surface area contributed by atoms with E-state index in [2.05, 4.69) is 23.5 Å². The molecule has 2 unspecified atom stereocenters. The lowest BCUT2D eigenvalue weighted by molar-refractivity contribution is -0.136. The van der Waals surface area contributed by atoms with Crippen molar-refractivity contribution in [3.05, 3.63) is 103 Å². The second kappa shape index (κ2) is 17.0. The van der Waals surface area contributed by atoms with E-state index < -0.39 is 29.9 Å². The molecule has 0 saturated carbocycles. The Hall–Kier alpha value is -4.96. The third-order valence-corrected chi connectivity index (χ3v) is 5.63. The van der Waals surface area contributed by atoms with Gasteiger partial charge in [-0.25, -0.2) is 9.59 Å². The molecular formula is C32H37N3O7. The van der Waals surface area contributed by atoms with Crippen LogP contribution in [0.3, 0.4) is 0 Å². The van der Waals surface area contributed by atoms with Gasteiger partial charge >= 0.3 is 11.9 Å². The lowest BCUT2D eigenvalue weighted by atomic mass is 10.1. The van der Waals surface area contributed by atoms with Crippen molar-refractivity contribution >= 4 is 17.8 Å². The lowest BCUT2D eigenvalue weighted by Gasteiger charge is -2.15. The van der Waals surface area contributed by atoms with E-state index in [4.69, 9.17) is 24.7 Å². The highest BCUT2D eigenvalue weighted by atomic mass is 16.6. The number of methoxy groups -OCH3 is 2. The predicted octanol–water partition coefficient (Wildman–Crippen LogP) is 4.22. The Labute approximate surface area is 246 Å². The molecule has 3 aromatic rings. The topological polar surface area (TPSA) is 139 Å². The number of hydrogen-bond acceptors (Lipinski definition) is 9. The third kappa shape index (κ3) is 10.2. The van der Waals surface area contributed by atoms with Crippen LogP contribution in [0, 0.1) is 0 Å². The number of esters is 2. The number of benzene rings is 2. The molecule has 3 N–H and O–H groups in total. The maximum absolute atomic E-state index is 12.2. The highest BCUT2D eigenvalue weighted by molar-refractivity contribution is 5.96.